The molecule has 0 aromatic heterocycles. The van der Waals surface area contributed by atoms with E-state index in [0.717, 1.165) is 17.9 Å². The lowest BCUT2D eigenvalue weighted by atomic mass is 10.0. The lowest BCUT2D eigenvalue weighted by molar-refractivity contribution is -0.136. The third-order valence-electron chi connectivity index (χ3n) is 6.19. The summed E-state index contributed by atoms with van der Waals surface area (Å²) in [6.45, 7) is 6.65. The van der Waals surface area contributed by atoms with Crippen LogP contribution in [0, 0.1) is 0 Å². The van der Waals surface area contributed by atoms with Crippen LogP contribution in [0.15, 0.2) is 18.2 Å². The third kappa shape index (κ3) is 10.1. The Bertz CT molecular complexity index is 1080. The summed E-state index contributed by atoms with van der Waals surface area (Å²) in [5, 5.41) is 4.79. The van der Waals surface area contributed by atoms with Crippen LogP contribution in [0.1, 0.15) is 46.9 Å². The summed E-state index contributed by atoms with van der Waals surface area (Å²) in [5.41, 5.74) is 0.0532. The zero-order chi connectivity index (χ0) is 30.2. The Labute approximate surface area is 244 Å². The molecule has 14 nitrogen and oxygen atoms in total. The first-order chi connectivity index (χ1) is 20.4. The van der Waals surface area contributed by atoms with Crippen LogP contribution in [0.3, 0.4) is 0 Å². The summed E-state index contributed by atoms with van der Waals surface area (Å²) < 4.78 is 32.5. The molecule has 0 bridgehead atoms. The van der Waals surface area contributed by atoms with Crippen molar-refractivity contribution in [2.45, 2.75) is 32.2 Å². The van der Waals surface area contributed by atoms with Crippen molar-refractivity contribution in [1.82, 2.24) is 15.5 Å². The molecule has 1 aromatic rings. The summed E-state index contributed by atoms with van der Waals surface area (Å²) in [6, 6.07) is 3.35. The Morgan fingerprint density at radius 2 is 1.45 bits per heavy atom. The van der Waals surface area contributed by atoms with Gasteiger partial charge in [-0.05, 0) is 25.0 Å². The molecule has 14 heteroatoms. The van der Waals surface area contributed by atoms with Gasteiger partial charge in [-0.15, -0.1) is 0 Å². The number of carbonyl (C=O) groups excluding carboxylic acids is 5. The second-order valence-corrected chi connectivity index (χ2v) is 9.33. The minimum absolute atomic E-state index is 0.0185. The summed E-state index contributed by atoms with van der Waals surface area (Å²) in [6.07, 6.45) is 1.06. The van der Waals surface area contributed by atoms with E-state index in [1.54, 1.807) is 0 Å². The molecule has 1 atom stereocenters. The van der Waals surface area contributed by atoms with Gasteiger partial charge in [-0.1, -0.05) is 13.0 Å². The Morgan fingerprint density at radius 1 is 0.857 bits per heavy atom. The Morgan fingerprint density at radius 3 is 2.05 bits per heavy atom. The number of amides is 5. The largest absolute Gasteiger partial charge is 0.483 e. The molecule has 1 unspecified atom stereocenters. The predicted octanol–water partition coefficient (Wildman–Crippen LogP) is 0.0758. The number of nitrogens with one attached hydrogen (secondary N) is 2. The number of hydrogen-bond donors (Lipinski definition) is 2. The number of nitrogens with zero attached hydrogens (tertiary/aromatic N) is 1. The number of piperidine rings is 1. The molecule has 2 aliphatic rings. The van der Waals surface area contributed by atoms with Gasteiger partial charge in [0.25, 0.3) is 17.7 Å². The molecule has 232 valence electrons. The maximum absolute atomic E-state index is 13.1. The highest BCUT2D eigenvalue weighted by atomic mass is 16.6. The highest BCUT2D eigenvalue weighted by Crippen LogP contribution is 2.33. The van der Waals surface area contributed by atoms with E-state index in [4.69, 9.17) is 28.4 Å². The number of hydrogen-bond acceptors (Lipinski definition) is 11. The Kier molecular flexibility index (Phi) is 14.3. The number of carbonyl (C=O) groups is 5. The van der Waals surface area contributed by atoms with E-state index in [-0.39, 0.29) is 42.9 Å². The zero-order valence-corrected chi connectivity index (χ0v) is 23.9. The highest BCUT2D eigenvalue weighted by Gasteiger charge is 2.46. The third-order valence-corrected chi connectivity index (χ3v) is 6.19. The molecule has 5 amide bonds. The topological polar surface area (TPSA) is 168 Å². The van der Waals surface area contributed by atoms with Gasteiger partial charge in [-0.3, -0.25) is 34.2 Å². The van der Waals surface area contributed by atoms with Crippen molar-refractivity contribution in [2.24, 2.45) is 0 Å². The van der Waals surface area contributed by atoms with E-state index in [1.807, 2.05) is 0 Å². The van der Waals surface area contributed by atoms with Crippen molar-refractivity contribution in [2.75, 3.05) is 79.2 Å². The summed E-state index contributed by atoms with van der Waals surface area (Å²) in [4.78, 5) is 62.7. The fourth-order valence-corrected chi connectivity index (χ4v) is 4.19. The van der Waals surface area contributed by atoms with E-state index in [2.05, 4.69) is 17.6 Å². The van der Waals surface area contributed by atoms with Gasteiger partial charge in [0.05, 0.1) is 70.6 Å². The smallest absolute Gasteiger partial charge is 0.266 e. The number of benzene rings is 1. The minimum atomic E-state index is -1.09. The summed E-state index contributed by atoms with van der Waals surface area (Å²) >= 11 is 0. The van der Waals surface area contributed by atoms with Crippen LogP contribution in [0.2, 0.25) is 0 Å². The maximum atomic E-state index is 13.1. The van der Waals surface area contributed by atoms with E-state index in [9.17, 15) is 24.0 Å². The molecule has 0 radical (unpaired) electrons. The summed E-state index contributed by atoms with van der Waals surface area (Å²) in [5.74, 6) is -2.91. The molecule has 0 aliphatic carbocycles. The van der Waals surface area contributed by atoms with Crippen LogP contribution >= 0.6 is 0 Å². The summed E-state index contributed by atoms with van der Waals surface area (Å²) in [7, 11) is 0. The first-order valence-electron chi connectivity index (χ1n) is 14.1. The molecule has 1 saturated heterocycles. The van der Waals surface area contributed by atoms with E-state index in [1.165, 1.54) is 18.2 Å². The molecule has 1 fully saturated rings. The standard InChI is InChI=1S/C28H39N3O11/c1-2-9-37-11-13-39-15-17-41-18-16-40-14-12-38-10-8-29-24(33)19-42-22-5-3-4-20-25(22)28(36)31(27(20)35)21-6-7-23(32)30-26(21)34/h3-5,21H,2,6-19H2,1H3,(H,29,33)(H,30,32,34). The van der Waals surface area contributed by atoms with Crippen molar-refractivity contribution in [3.63, 3.8) is 0 Å². The lowest BCUT2D eigenvalue weighted by Crippen LogP contribution is -2.54. The highest BCUT2D eigenvalue weighted by molar-refractivity contribution is 6.24. The number of ether oxygens (including phenoxy) is 6. The number of rotatable bonds is 21. The molecule has 0 spiro atoms. The molecule has 2 heterocycles. The Hall–Kier alpha value is -3.43. The van der Waals surface area contributed by atoms with Crippen LogP contribution in [0.4, 0.5) is 0 Å². The molecule has 42 heavy (non-hydrogen) atoms. The van der Waals surface area contributed by atoms with E-state index >= 15 is 0 Å². The molecule has 2 N–H and O–H groups in total. The minimum Gasteiger partial charge on any atom is -0.483 e. The van der Waals surface area contributed by atoms with Crippen molar-refractivity contribution >= 4 is 29.5 Å². The van der Waals surface area contributed by atoms with Gasteiger partial charge in [0.1, 0.15) is 11.8 Å². The monoisotopic (exact) mass is 593 g/mol. The van der Waals surface area contributed by atoms with Gasteiger partial charge < -0.3 is 33.7 Å². The van der Waals surface area contributed by atoms with Crippen LogP contribution < -0.4 is 15.4 Å². The number of fused-ring (bicyclic) bond motifs is 1. The van der Waals surface area contributed by atoms with E-state index < -0.39 is 42.2 Å². The normalized spacial score (nSPS) is 16.5. The van der Waals surface area contributed by atoms with Gasteiger partial charge in [-0.2, -0.15) is 0 Å². The quantitative estimate of drug-likeness (QED) is 0.146. The van der Waals surface area contributed by atoms with Gasteiger partial charge in [-0.25, -0.2) is 0 Å². The maximum Gasteiger partial charge on any atom is 0.266 e. The van der Waals surface area contributed by atoms with Gasteiger partial charge in [0, 0.05) is 19.6 Å². The molecular formula is C28H39N3O11. The fourth-order valence-electron chi connectivity index (χ4n) is 4.19. The van der Waals surface area contributed by atoms with Gasteiger partial charge in [0.15, 0.2) is 6.61 Å². The SMILES string of the molecule is CCCOCCOCCOCCOCCOCCNC(=O)COc1cccc2c1C(=O)N(C1CCC(=O)NC1=O)C2=O. The molecule has 0 saturated carbocycles. The van der Waals surface area contributed by atoms with Crippen molar-refractivity contribution < 1.29 is 52.4 Å². The molecule has 1 aromatic carbocycles. The first-order valence-corrected chi connectivity index (χ1v) is 14.1. The van der Waals surface area contributed by atoms with Crippen molar-refractivity contribution in [1.29, 1.82) is 0 Å². The average molecular weight is 594 g/mol. The predicted molar refractivity (Wildman–Crippen MR) is 146 cm³/mol. The average Bonchev–Trinajstić information content (AvgIpc) is 3.23. The van der Waals surface area contributed by atoms with Crippen LogP contribution in [0.25, 0.3) is 0 Å². The van der Waals surface area contributed by atoms with E-state index in [0.29, 0.717) is 52.9 Å². The second kappa shape index (κ2) is 18.2. The lowest BCUT2D eigenvalue weighted by Gasteiger charge is -2.27. The number of imide groups is 2. The zero-order valence-electron chi connectivity index (χ0n) is 23.9. The molecule has 3 rings (SSSR count). The van der Waals surface area contributed by atoms with Crippen molar-refractivity contribution in [3.8, 4) is 5.75 Å². The van der Waals surface area contributed by atoms with Crippen molar-refractivity contribution in [3.05, 3.63) is 29.3 Å². The fraction of sp³-hybridized carbons (Fsp3) is 0.607. The van der Waals surface area contributed by atoms with Crippen LogP contribution in [-0.4, -0.2) is 120 Å². The van der Waals surface area contributed by atoms with Gasteiger partial charge in [0.2, 0.25) is 11.8 Å². The first kappa shape index (κ1) is 33.1. The molecule has 2 aliphatic heterocycles. The second-order valence-electron chi connectivity index (χ2n) is 9.33. The van der Waals surface area contributed by atoms with Crippen LogP contribution in [0.5, 0.6) is 5.75 Å². The van der Waals surface area contributed by atoms with Gasteiger partial charge >= 0.3 is 0 Å². The van der Waals surface area contributed by atoms with Crippen LogP contribution in [-0.2, 0) is 38.1 Å². The molecular weight excluding hydrogens is 554 g/mol. The Balaban J connectivity index is 1.24.